The molecule has 2 heterocycles. The van der Waals surface area contributed by atoms with Crippen molar-refractivity contribution in [2.45, 2.75) is 45.5 Å². The van der Waals surface area contributed by atoms with Gasteiger partial charge in [-0.3, -0.25) is 9.59 Å². The Hall–Kier alpha value is -2.91. The number of rotatable bonds is 4. The molecule has 4 atom stereocenters. The number of benzene rings is 1. The summed E-state index contributed by atoms with van der Waals surface area (Å²) in [5.74, 6) is -2.58. The Morgan fingerprint density at radius 3 is 2.70 bits per heavy atom. The third-order valence-corrected chi connectivity index (χ3v) is 6.95. The van der Waals surface area contributed by atoms with Gasteiger partial charge >= 0.3 is 13.2 Å². The highest BCUT2D eigenvalue weighted by Crippen LogP contribution is 2.50. The summed E-state index contributed by atoms with van der Waals surface area (Å²) >= 11 is 0. The molecule has 2 aliphatic heterocycles. The van der Waals surface area contributed by atoms with Crippen molar-refractivity contribution in [3.05, 3.63) is 46.5 Å². The van der Waals surface area contributed by atoms with Crippen molar-refractivity contribution in [1.82, 2.24) is 4.90 Å². The standard InChI is InChI=1S/C24H28BNO7/c1-13(10-15-6-4-5-7-18(15)27)8-9-19-20-14(2)11-16-21(17(20)12-25(31)33-19)23(29)26(22(16)28)24(30)32-3/h4-7,10,16-17,19,21,27,31H,8-9,11-12H2,1-3H3/b13-10+/t16-,17+,19-,21-/m1/s1. The summed E-state index contributed by atoms with van der Waals surface area (Å²) in [6, 6.07) is 7.09. The third-order valence-electron chi connectivity index (χ3n) is 6.95. The van der Waals surface area contributed by atoms with Crippen molar-refractivity contribution in [3.8, 4) is 5.75 Å². The molecule has 4 rings (SSSR count). The molecular formula is C24H28BNO7. The molecule has 33 heavy (non-hydrogen) atoms. The van der Waals surface area contributed by atoms with E-state index in [-0.39, 0.29) is 18.0 Å². The maximum absolute atomic E-state index is 13.1. The normalized spacial score (nSPS) is 27.6. The first-order chi connectivity index (χ1) is 15.7. The molecule has 0 radical (unpaired) electrons. The molecule has 1 aromatic carbocycles. The molecular weight excluding hydrogens is 425 g/mol. The Kier molecular flexibility index (Phi) is 6.45. The van der Waals surface area contributed by atoms with Crippen LogP contribution in [0.15, 0.2) is 41.0 Å². The van der Waals surface area contributed by atoms with Crippen LogP contribution in [0.3, 0.4) is 0 Å². The molecule has 1 aromatic rings. The number of carbonyl (C=O) groups excluding carboxylic acids is 3. The number of hydrogen-bond acceptors (Lipinski definition) is 7. The second kappa shape index (κ2) is 9.15. The molecule has 0 bridgehead atoms. The Morgan fingerprint density at radius 2 is 2.00 bits per heavy atom. The van der Waals surface area contributed by atoms with Gasteiger partial charge in [-0.05, 0) is 57.0 Å². The molecule has 0 spiro atoms. The lowest BCUT2D eigenvalue weighted by Gasteiger charge is -2.42. The molecule has 3 amide bonds. The smallest absolute Gasteiger partial charge is 0.455 e. The van der Waals surface area contributed by atoms with Crippen LogP contribution in [-0.4, -0.2) is 53.3 Å². The Balaban J connectivity index is 1.56. The van der Waals surface area contributed by atoms with E-state index in [4.69, 9.17) is 4.65 Å². The fraction of sp³-hybridized carbons (Fsp3) is 0.458. The lowest BCUT2D eigenvalue weighted by molar-refractivity contribution is -0.137. The molecule has 0 aromatic heterocycles. The number of aromatic hydroxyl groups is 1. The number of nitrogens with zero attached hydrogens (tertiary/aromatic N) is 1. The van der Waals surface area contributed by atoms with Gasteiger partial charge in [0, 0.05) is 5.56 Å². The number of amides is 3. The third kappa shape index (κ3) is 4.23. The number of imide groups is 3. The highest BCUT2D eigenvalue weighted by Gasteiger charge is 2.58. The number of likely N-dealkylation sites (tertiary alicyclic amines) is 1. The second-order valence-corrected chi connectivity index (χ2v) is 9.06. The van der Waals surface area contributed by atoms with E-state index < -0.39 is 43.0 Å². The van der Waals surface area contributed by atoms with Crippen molar-refractivity contribution in [2.24, 2.45) is 17.8 Å². The van der Waals surface area contributed by atoms with Crippen LogP contribution in [-0.2, 0) is 19.0 Å². The number of hydrogen-bond donors (Lipinski definition) is 2. The molecule has 1 aliphatic carbocycles. The van der Waals surface area contributed by atoms with Crippen molar-refractivity contribution >= 4 is 31.1 Å². The van der Waals surface area contributed by atoms with Crippen molar-refractivity contribution in [1.29, 1.82) is 0 Å². The Labute approximate surface area is 193 Å². The summed E-state index contributed by atoms with van der Waals surface area (Å²) < 4.78 is 10.5. The van der Waals surface area contributed by atoms with Gasteiger partial charge in [0.1, 0.15) is 5.75 Å². The Bertz CT molecular complexity index is 1050. The molecule has 0 saturated carbocycles. The zero-order valence-electron chi connectivity index (χ0n) is 19.0. The summed E-state index contributed by atoms with van der Waals surface area (Å²) in [6.45, 7) is 3.89. The number of fused-ring (bicyclic) bond motifs is 3. The predicted molar refractivity (Wildman–Crippen MR) is 121 cm³/mol. The minimum absolute atomic E-state index is 0.199. The fourth-order valence-corrected chi connectivity index (χ4v) is 5.50. The van der Waals surface area contributed by atoms with Gasteiger partial charge < -0.3 is 19.5 Å². The van der Waals surface area contributed by atoms with E-state index in [0.717, 1.165) is 29.4 Å². The van der Waals surface area contributed by atoms with Crippen molar-refractivity contribution < 1.29 is 33.9 Å². The highest BCUT2D eigenvalue weighted by molar-refractivity contribution is 6.43. The quantitative estimate of drug-likeness (QED) is 0.409. The van der Waals surface area contributed by atoms with E-state index in [0.29, 0.717) is 24.2 Å². The lowest BCUT2D eigenvalue weighted by Crippen LogP contribution is -2.46. The van der Waals surface area contributed by atoms with Gasteiger partial charge in [-0.15, -0.1) is 0 Å². The lowest BCUT2D eigenvalue weighted by atomic mass is 9.59. The summed E-state index contributed by atoms with van der Waals surface area (Å²) in [4.78, 5) is 38.5. The van der Waals surface area contributed by atoms with Crippen LogP contribution in [0.1, 0.15) is 38.7 Å². The van der Waals surface area contributed by atoms with Gasteiger partial charge in [-0.1, -0.05) is 35.4 Å². The number of phenolic OH excluding ortho intramolecular Hbond substituents is 1. The van der Waals surface area contributed by atoms with Gasteiger partial charge in [-0.25, -0.2) is 4.79 Å². The molecule has 8 nitrogen and oxygen atoms in total. The molecule has 0 unspecified atom stereocenters. The molecule has 9 heteroatoms. The molecule has 2 fully saturated rings. The first-order valence-corrected chi connectivity index (χ1v) is 11.2. The van der Waals surface area contributed by atoms with E-state index in [1.807, 2.05) is 32.1 Å². The largest absolute Gasteiger partial charge is 0.507 e. The Morgan fingerprint density at radius 1 is 1.27 bits per heavy atom. The monoisotopic (exact) mass is 453 g/mol. The number of allylic oxidation sites excluding steroid dienone is 2. The van der Waals surface area contributed by atoms with Gasteiger partial charge in [-0.2, -0.15) is 4.90 Å². The topological polar surface area (TPSA) is 113 Å². The van der Waals surface area contributed by atoms with Crippen molar-refractivity contribution in [2.75, 3.05) is 7.11 Å². The molecule has 174 valence electrons. The highest BCUT2D eigenvalue weighted by atomic mass is 16.5. The number of para-hydroxylation sites is 1. The number of phenols is 1. The molecule has 2 N–H and O–H groups in total. The van der Waals surface area contributed by atoms with Gasteiger partial charge in [0.2, 0.25) is 11.8 Å². The van der Waals surface area contributed by atoms with Crippen molar-refractivity contribution in [3.63, 3.8) is 0 Å². The van der Waals surface area contributed by atoms with Crippen LogP contribution in [0.2, 0.25) is 6.32 Å². The van der Waals surface area contributed by atoms with Crippen LogP contribution in [0.5, 0.6) is 5.75 Å². The molecule has 3 aliphatic rings. The minimum atomic E-state index is -1.06. The first kappa shape index (κ1) is 23.3. The van der Waals surface area contributed by atoms with E-state index in [9.17, 15) is 24.5 Å². The van der Waals surface area contributed by atoms with Crippen LogP contribution >= 0.6 is 0 Å². The van der Waals surface area contributed by atoms with E-state index in [2.05, 4.69) is 4.74 Å². The molecule has 2 saturated heterocycles. The van der Waals surface area contributed by atoms with Gasteiger partial charge in [0.15, 0.2) is 0 Å². The minimum Gasteiger partial charge on any atom is -0.507 e. The summed E-state index contributed by atoms with van der Waals surface area (Å²) in [7, 11) is 0.0758. The summed E-state index contributed by atoms with van der Waals surface area (Å²) in [5.41, 5.74) is 3.68. The maximum Gasteiger partial charge on any atom is 0.455 e. The number of methoxy groups -OCH3 is 1. The zero-order valence-corrected chi connectivity index (χ0v) is 19.0. The zero-order chi connectivity index (χ0) is 23.9. The average molecular weight is 453 g/mol. The first-order valence-electron chi connectivity index (χ1n) is 11.2. The summed E-state index contributed by atoms with van der Waals surface area (Å²) in [6.07, 6.45) is 2.36. The van der Waals surface area contributed by atoms with Crippen LogP contribution in [0.25, 0.3) is 6.08 Å². The van der Waals surface area contributed by atoms with E-state index in [1.165, 1.54) is 0 Å². The number of carbonyl (C=O) groups is 3. The SMILES string of the molecule is COC(=O)N1C(=O)[C@@H]2[C@@H](CC(C)=C3[C@@H](CC/C(C)=C/c4ccccc4O)OB(O)C[C@@H]32)C1=O. The predicted octanol–water partition coefficient (Wildman–Crippen LogP) is 3.16. The maximum atomic E-state index is 13.1. The van der Waals surface area contributed by atoms with Gasteiger partial charge in [0.25, 0.3) is 0 Å². The van der Waals surface area contributed by atoms with E-state index in [1.54, 1.807) is 12.1 Å². The summed E-state index contributed by atoms with van der Waals surface area (Å²) in [5, 5.41) is 20.4. The fourth-order valence-electron chi connectivity index (χ4n) is 5.50. The second-order valence-electron chi connectivity index (χ2n) is 9.06. The van der Waals surface area contributed by atoms with Crippen LogP contribution < -0.4 is 0 Å². The van der Waals surface area contributed by atoms with Crippen LogP contribution in [0.4, 0.5) is 4.79 Å². The number of ether oxygens (including phenoxy) is 1. The average Bonchev–Trinajstić information content (AvgIpc) is 3.02. The van der Waals surface area contributed by atoms with Gasteiger partial charge in [0.05, 0.1) is 25.0 Å². The van der Waals surface area contributed by atoms with E-state index >= 15 is 0 Å². The van der Waals surface area contributed by atoms with Crippen LogP contribution in [0, 0.1) is 17.8 Å².